The third kappa shape index (κ3) is 4.43. The van der Waals surface area contributed by atoms with Gasteiger partial charge in [-0.1, -0.05) is 18.3 Å². The minimum atomic E-state index is -1.49. The van der Waals surface area contributed by atoms with Crippen LogP contribution in [-0.2, 0) is 6.42 Å². The van der Waals surface area contributed by atoms with Crippen molar-refractivity contribution in [2.24, 2.45) is 0 Å². The largest absolute Gasteiger partial charge is 0.496 e. The summed E-state index contributed by atoms with van der Waals surface area (Å²) in [5.74, 6) is 2.31. The molecule has 2 heterocycles. The molecule has 0 bridgehead atoms. The molecular formula is C25H29NO7Si. The molecule has 0 unspecified atom stereocenters. The summed E-state index contributed by atoms with van der Waals surface area (Å²) in [4.78, 5) is 12.9. The van der Waals surface area contributed by atoms with Gasteiger partial charge in [0.15, 0.2) is 17.3 Å². The number of amides is 1. The zero-order valence-corrected chi connectivity index (χ0v) is 21.2. The third-order valence-corrected chi connectivity index (χ3v) is 9.53. The van der Waals surface area contributed by atoms with Crippen molar-refractivity contribution >= 4 is 24.9 Å². The number of ether oxygens (including phenoxy) is 5. The quantitative estimate of drug-likeness (QED) is 0.459. The zero-order valence-electron chi connectivity index (χ0n) is 20.2. The summed E-state index contributed by atoms with van der Waals surface area (Å²) in [5.41, 5.74) is 1.69. The first-order chi connectivity index (χ1) is 16.3. The van der Waals surface area contributed by atoms with Crippen LogP contribution in [0.15, 0.2) is 40.8 Å². The van der Waals surface area contributed by atoms with Gasteiger partial charge in [0.1, 0.15) is 22.9 Å². The van der Waals surface area contributed by atoms with Crippen LogP contribution in [-0.4, -0.2) is 42.4 Å². The number of carbonyl (C=O) groups is 1. The molecule has 0 atom stereocenters. The van der Waals surface area contributed by atoms with Gasteiger partial charge >= 0.3 is 0 Å². The lowest BCUT2D eigenvalue weighted by molar-refractivity contribution is 0.0991. The van der Waals surface area contributed by atoms with Crippen molar-refractivity contribution in [1.82, 2.24) is 0 Å². The second kappa shape index (κ2) is 9.34. The van der Waals surface area contributed by atoms with Crippen molar-refractivity contribution in [3.63, 3.8) is 0 Å². The molecule has 0 radical (unpaired) electrons. The molecule has 2 aromatic carbocycles. The zero-order chi connectivity index (χ0) is 24.5. The van der Waals surface area contributed by atoms with Gasteiger partial charge in [0.05, 0.1) is 36.5 Å². The molecule has 1 amide bonds. The van der Waals surface area contributed by atoms with Crippen LogP contribution in [0.4, 0.5) is 5.69 Å². The molecule has 3 aromatic rings. The number of hydrogen-bond donors (Lipinski definition) is 1. The highest BCUT2D eigenvalue weighted by Crippen LogP contribution is 2.40. The Morgan fingerprint density at radius 3 is 2.18 bits per heavy atom. The van der Waals surface area contributed by atoms with Gasteiger partial charge in [-0.2, -0.15) is 0 Å². The summed E-state index contributed by atoms with van der Waals surface area (Å²) in [6.45, 7) is 4.71. The van der Waals surface area contributed by atoms with E-state index in [4.69, 9.17) is 28.1 Å². The van der Waals surface area contributed by atoms with Crippen LogP contribution in [0, 0.1) is 0 Å². The van der Waals surface area contributed by atoms with Gasteiger partial charge in [0.2, 0.25) is 0 Å². The molecule has 4 rings (SSSR count). The smallest absolute Gasteiger partial charge is 0.291 e. The molecule has 1 N–H and O–H groups in total. The van der Waals surface area contributed by atoms with Crippen LogP contribution in [0.3, 0.4) is 0 Å². The molecule has 180 valence electrons. The van der Waals surface area contributed by atoms with E-state index in [2.05, 4.69) is 24.5 Å². The topological polar surface area (TPSA) is 88.4 Å². The number of methoxy groups -OCH3 is 4. The van der Waals surface area contributed by atoms with E-state index in [1.807, 2.05) is 6.07 Å². The molecule has 0 saturated carbocycles. The molecule has 0 fully saturated rings. The van der Waals surface area contributed by atoms with Crippen molar-refractivity contribution in [3.05, 3.63) is 47.7 Å². The Bertz CT molecular complexity index is 1190. The van der Waals surface area contributed by atoms with E-state index >= 15 is 0 Å². The number of nitrogens with one attached hydrogen (secondary N) is 1. The molecule has 0 aliphatic carbocycles. The van der Waals surface area contributed by atoms with Gasteiger partial charge in [-0.25, -0.2) is 0 Å². The monoisotopic (exact) mass is 483 g/mol. The van der Waals surface area contributed by atoms with E-state index in [1.54, 1.807) is 31.4 Å². The van der Waals surface area contributed by atoms with Crippen molar-refractivity contribution in [1.29, 1.82) is 0 Å². The van der Waals surface area contributed by atoms with Crippen LogP contribution in [0.5, 0.6) is 34.7 Å². The Labute approximate surface area is 199 Å². The summed E-state index contributed by atoms with van der Waals surface area (Å²) < 4.78 is 33.3. The molecule has 9 heteroatoms. The van der Waals surface area contributed by atoms with Gasteiger partial charge < -0.3 is 33.4 Å². The maximum Gasteiger partial charge on any atom is 0.291 e. The van der Waals surface area contributed by atoms with Crippen molar-refractivity contribution < 1.29 is 32.9 Å². The second-order valence-corrected chi connectivity index (χ2v) is 13.4. The lowest BCUT2D eigenvalue weighted by atomic mass is 10.1. The van der Waals surface area contributed by atoms with Gasteiger partial charge in [0, 0.05) is 18.2 Å². The van der Waals surface area contributed by atoms with E-state index in [1.165, 1.54) is 38.1 Å². The van der Waals surface area contributed by atoms with Crippen LogP contribution >= 0.6 is 0 Å². The highest BCUT2D eigenvalue weighted by Gasteiger charge is 2.33. The third-order valence-electron chi connectivity index (χ3n) is 6.11. The Morgan fingerprint density at radius 1 is 0.882 bits per heavy atom. The van der Waals surface area contributed by atoms with E-state index in [0.717, 1.165) is 6.42 Å². The predicted molar refractivity (Wildman–Crippen MR) is 131 cm³/mol. The minimum Gasteiger partial charge on any atom is -0.496 e. The fraction of sp³-hybridized carbons (Fsp3) is 0.320. The Balaban J connectivity index is 1.57. The van der Waals surface area contributed by atoms with Gasteiger partial charge in [0.25, 0.3) is 11.9 Å². The molecule has 0 saturated heterocycles. The number of carbonyl (C=O) groups excluding carboxylic acids is 1. The number of rotatable bonds is 8. The van der Waals surface area contributed by atoms with E-state index in [0.29, 0.717) is 34.4 Å². The van der Waals surface area contributed by atoms with E-state index in [-0.39, 0.29) is 11.7 Å². The van der Waals surface area contributed by atoms with Gasteiger partial charge in [-0.15, -0.1) is 0 Å². The Hall–Kier alpha value is -3.59. The van der Waals surface area contributed by atoms with Gasteiger partial charge in [-0.3, -0.25) is 4.79 Å². The lowest BCUT2D eigenvalue weighted by Gasteiger charge is -2.18. The summed E-state index contributed by atoms with van der Waals surface area (Å²) in [5, 5.41) is 4.15. The number of benzene rings is 2. The van der Waals surface area contributed by atoms with Crippen LogP contribution < -0.4 is 34.2 Å². The normalized spacial score (nSPS) is 13.7. The molecule has 1 aliphatic rings. The Morgan fingerprint density at radius 2 is 1.56 bits per heavy atom. The van der Waals surface area contributed by atoms with Crippen molar-refractivity contribution in [3.8, 4) is 34.7 Å². The fourth-order valence-corrected chi connectivity index (χ4v) is 6.92. The van der Waals surface area contributed by atoms with Crippen LogP contribution in [0.1, 0.15) is 16.1 Å². The SMILES string of the molecule is COc1cc(OC)c(NC(=O)c2ccc(Oc3cc4c(cc3OC)CC[Si]4(C)C)o2)c(OC)c1. The number of fused-ring (bicyclic) bond motifs is 1. The van der Waals surface area contributed by atoms with Crippen molar-refractivity contribution in [2.45, 2.75) is 25.6 Å². The standard InChI is InChI=1S/C25H29NO7Si/c1-28-16-12-20(30-3)24(21(13-16)31-4)26-25(27)17-7-8-23(32-17)33-19-14-22-15(11-18(19)29-2)9-10-34(22,5)6/h7-8,11-14H,9-10H2,1-6H3,(H,26,27). The molecule has 0 spiro atoms. The Kier molecular flexibility index (Phi) is 6.47. The summed E-state index contributed by atoms with van der Waals surface area (Å²) >= 11 is 0. The number of anilines is 1. The number of furan rings is 1. The average Bonchev–Trinajstić information content (AvgIpc) is 3.42. The van der Waals surface area contributed by atoms with E-state index in [9.17, 15) is 4.79 Å². The summed E-state index contributed by atoms with van der Waals surface area (Å²) in [7, 11) is 4.66. The summed E-state index contributed by atoms with van der Waals surface area (Å²) in [6, 6.07) is 11.8. The van der Waals surface area contributed by atoms with Gasteiger partial charge in [-0.05, 0) is 36.2 Å². The fourth-order valence-electron chi connectivity index (χ4n) is 4.17. The van der Waals surface area contributed by atoms with E-state index < -0.39 is 14.0 Å². The average molecular weight is 484 g/mol. The first-order valence-corrected chi connectivity index (χ1v) is 14.1. The molecule has 1 aromatic heterocycles. The summed E-state index contributed by atoms with van der Waals surface area (Å²) in [6.07, 6.45) is 1.06. The first kappa shape index (κ1) is 23.6. The lowest BCUT2D eigenvalue weighted by Crippen LogP contribution is -2.37. The number of hydrogen-bond acceptors (Lipinski definition) is 7. The number of aryl methyl sites for hydroxylation is 1. The van der Waals surface area contributed by atoms with Crippen molar-refractivity contribution in [2.75, 3.05) is 33.8 Å². The van der Waals surface area contributed by atoms with Crippen LogP contribution in [0.25, 0.3) is 0 Å². The molecule has 34 heavy (non-hydrogen) atoms. The first-order valence-electron chi connectivity index (χ1n) is 10.9. The predicted octanol–water partition coefficient (Wildman–Crippen LogP) is 4.83. The highest BCUT2D eigenvalue weighted by molar-refractivity contribution is 6.91. The maximum absolute atomic E-state index is 12.9. The maximum atomic E-state index is 12.9. The molecule has 8 nitrogen and oxygen atoms in total. The molecule has 1 aliphatic heterocycles. The van der Waals surface area contributed by atoms with Crippen LogP contribution in [0.2, 0.25) is 19.1 Å². The minimum absolute atomic E-state index is 0.0738. The second-order valence-electron chi connectivity index (χ2n) is 8.63. The molecular weight excluding hydrogens is 454 g/mol. The highest BCUT2D eigenvalue weighted by atomic mass is 28.3.